The van der Waals surface area contributed by atoms with E-state index in [1.54, 1.807) is 11.8 Å². The van der Waals surface area contributed by atoms with Crippen LogP contribution in [0.4, 0.5) is 5.69 Å². The summed E-state index contributed by atoms with van der Waals surface area (Å²) in [7, 11) is 0. The molecule has 3 nitrogen and oxygen atoms in total. The summed E-state index contributed by atoms with van der Waals surface area (Å²) in [5.41, 5.74) is 2.96. The van der Waals surface area contributed by atoms with Crippen molar-refractivity contribution in [3.8, 4) is 0 Å². The van der Waals surface area contributed by atoms with Crippen LogP contribution in [0.5, 0.6) is 0 Å². The number of nitrogens with zero attached hydrogens (tertiary/aromatic N) is 1. The molecule has 0 saturated heterocycles. The van der Waals surface area contributed by atoms with Gasteiger partial charge < -0.3 is 4.74 Å². The minimum atomic E-state index is -0.0183. The number of halogens is 1. The number of benzene rings is 1. The van der Waals surface area contributed by atoms with E-state index in [0.29, 0.717) is 16.9 Å². The molecule has 0 heterocycles. The molecule has 1 unspecified atom stereocenters. The lowest BCUT2D eigenvalue weighted by molar-refractivity contribution is -0.118. The average Bonchev–Trinajstić information content (AvgIpc) is 3.27. The van der Waals surface area contributed by atoms with Gasteiger partial charge in [-0.3, -0.25) is 9.69 Å². The summed E-state index contributed by atoms with van der Waals surface area (Å²) in [5, 5.41) is 0.681. The van der Waals surface area contributed by atoms with E-state index >= 15 is 0 Å². The number of carbonyl (C=O) groups excluding carboxylic acids is 1. The number of anilines is 1. The number of hydrogen-bond donors (Lipinski definition) is 0. The van der Waals surface area contributed by atoms with Crippen LogP contribution >= 0.6 is 11.6 Å². The summed E-state index contributed by atoms with van der Waals surface area (Å²) >= 11 is 6.28. The molecule has 1 saturated carbocycles. The first kappa shape index (κ1) is 17.3. The van der Waals surface area contributed by atoms with E-state index in [0.717, 1.165) is 16.8 Å². The number of ether oxygens (including phenoxy) is 1. The van der Waals surface area contributed by atoms with Gasteiger partial charge in [-0.2, -0.15) is 0 Å². The molecule has 122 valence electrons. The Balaban J connectivity index is 2.30. The van der Waals surface area contributed by atoms with E-state index < -0.39 is 0 Å². The topological polar surface area (TPSA) is 29.5 Å². The van der Waals surface area contributed by atoms with Gasteiger partial charge in [0.25, 0.3) is 0 Å². The molecule has 1 aliphatic carbocycles. The van der Waals surface area contributed by atoms with Crippen LogP contribution in [0.3, 0.4) is 0 Å². The second-order valence-electron chi connectivity index (χ2n) is 6.55. The second kappa shape index (κ2) is 7.01. The zero-order valence-corrected chi connectivity index (χ0v) is 14.9. The molecule has 2 rings (SSSR count). The predicted molar refractivity (Wildman–Crippen MR) is 91.6 cm³/mol. The summed E-state index contributed by atoms with van der Waals surface area (Å²) in [6, 6.07) is 3.91. The Morgan fingerprint density at radius 2 is 2.00 bits per heavy atom. The molecule has 0 N–H and O–H groups in total. The van der Waals surface area contributed by atoms with Crippen molar-refractivity contribution in [2.75, 3.05) is 11.6 Å². The normalized spacial score (nSPS) is 16.0. The van der Waals surface area contributed by atoms with Gasteiger partial charge in [-0.1, -0.05) is 31.5 Å². The van der Waals surface area contributed by atoms with Gasteiger partial charge in [-0.15, -0.1) is 0 Å². The zero-order chi connectivity index (χ0) is 16.4. The number of amides is 1. The lowest BCUT2D eigenvalue weighted by Crippen LogP contribution is -2.34. The molecule has 1 fully saturated rings. The molecule has 1 amide bonds. The average molecular weight is 324 g/mol. The molecule has 0 radical (unpaired) electrons. The Hall–Kier alpha value is -1.06. The molecule has 0 aromatic heterocycles. The van der Waals surface area contributed by atoms with Crippen LogP contribution in [0.1, 0.15) is 57.6 Å². The van der Waals surface area contributed by atoms with E-state index in [1.807, 2.05) is 19.1 Å². The van der Waals surface area contributed by atoms with Crippen LogP contribution in [0.25, 0.3) is 0 Å². The lowest BCUT2D eigenvalue weighted by atomic mass is 9.97. The van der Waals surface area contributed by atoms with Crippen LogP contribution < -0.4 is 4.90 Å². The van der Waals surface area contributed by atoms with Crippen molar-refractivity contribution in [2.24, 2.45) is 5.92 Å². The number of hydrogen-bond acceptors (Lipinski definition) is 2. The Bertz CT molecular complexity index is 552. The highest BCUT2D eigenvalue weighted by atomic mass is 35.5. The summed E-state index contributed by atoms with van der Waals surface area (Å²) in [6.45, 7) is 10.2. The highest BCUT2D eigenvalue weighted by molar-refractivity contribution is 6.31. The first-order valence-corrected chi connectivity index (χ1v) is 8.39. The largest absolute Gasteiger partial charge is 0.357 e. The van der Waals surface area contributed by atoms with Crippen molar-refractivity contribution in [1.29, 1.82) is 0 Å². The van der Waals surface area contributed by atoms with Gasteiger partial charge in [-0.05, 0) is 55.7 Å². The summed E-state index contributed by atoms with van der Waals surface area (Å²) < 4.78 is 5.94. The number of carbonyl (C=O) groups is 1. The maximum absolute atomic E-state index is 12.2. The van der Waals surface area contributed by atoms with Gasteiger partial charge in [0.15, 0.2) is 0 Å². The van der Waals surface area contributed by atoms with Crippen molar-refractivity contribution >= 4 is 23.2 Å². The minimum Gasteiger partial charge on any atom is -0.357 e. The highest BCUT2D eigenvalue weighted by Gasteiger charge is 2.30. The highest BCUT2D eigenvalue weighted by Crippen LogP contribution is 2.37. The molecule has 0 bridgehead atoms. The van der Waals surface area contributed by atoms with Gasteiger partial charge in [0.05, 0.1) is 11.8 Å². The van der Waals surface area contributed by atoms with Gasteiger partial charge in [0.1, 0.15) is 6.73 Å². The SMILES string of the molecule is CC(=O)N(COC(C)C1CC1)c1c(C(C)C)ccc(Cl)c1C. The van der Waals surface area contributed by atoms with Crippen molar-refractivity contribution in [2.45, 2.75) is 59.5 Å². The van der Waals surface area contributed by atoms with Crippen LogP contribution in [0.15, 0.2) is 12.1 Å². The third-order valence-electron chi connectivity index (χ3n) is 4.42. The fraction of sp³-hybridized carbons (Fsp3) is 0.611. The molecule has 0 spiro atoms. The molecule has 1 atom stereocenters. The van der Waals surface area contributed by atoms with E-state index in [4.69, 9.17) is 16.3 Å². The van der Waals surface area contributed by atoms with E-state index in [-0.39, 0.29) is 18.7 Å². The van der Waals surface area contributed by atoms with Crippen molar-refractivity contribution < 1.29 is 9.53 Å². The molecule has 22 heavy (non-hydrogen) atoms. The maximum atomic E-state index is 12.2. The Kier molecular flexibility index (Phi) is 5.51. The maximum Gasteiger partial charge on any atom is 0.225 e. The first-order chi connectivity index (χ1) is 10.3. The fourth-order valence-corrected chi connectivity index (χ4v) is 2.88. The smallest absolute Gasteiger partial charge is 0.225 e. The minimum absolute atomic E-state index is 0.0183. The predicted octanol–water partition coefficient (Wildman–Crippen LogP) is 4.90. The van der Waals surface area contributed by atoms with Gasteiger partial charge in [0.2, 0.25) is 5.91 Å². The molecular formula is C18H26ClNO2. The van der Waals surface area contributed by atoms with Crippen molar-refractivity contribution in [3.05, 3.63) is 28.3 Å². The molecule has 1 aliphatic rings. The van der Waals surface area contributed by atoms with Gasteiger partial charge >= 0.3 is 0 Å². The standard InChI is InChI=1S/C18H26ClNO2/c1-11(2)16-8-9-17(19)12(3)18(16)20(14(5)21)10-22-13(4)15-6-7-15/h8-9,11,13,15H,6-7,10H2,1-5H3. The monoisotopic (exact) mass is 323 g/mol. The Morgan fingerprint density at radius 1 is 1.36 bits per heavy atom. The molecule has 1 aromatic carbocycles. The second-order valence-corrected chi connectivity index (χ2v) is 6.96. The number of rotatable bonds is 6. The van der Waals surface area contributed by atoms with Crippen LogP contribution in [-0.2, 0) is 9.53 Å². The molecule has 0 aliphatic heterocycles. The van der Waals surface area contributed by atoms with Crippen LogP contribution in [-0.4, -0.2) is 18.7 Å². The molecular weight excluding hydrogens is 298 g/mol. The van der Waals surface area contributed by atoms with Crippen molar-refractivity contribution in [1.82, 2.24) is 0 Å². The van der Waals surface area contributed by atoms with Crippen LogP contribution in [0.2, 0.25) is 5.02 Å². The fourth-order valence-electron chi connectivity index (χ4n) is 2.73. The third kappa shape index (κ3) is 3.82. The third-order valence-corrected chi connectivity index (χ3v) is 4.83. The van der Waals surface area contributed by atoms with E-state index in [9.17, 15) is 4.79 Å². The summed E-state index contributed by atoms with van der Waals surface area (Å²) in [6.07, 6.45) is 2.66. The van der Waals surface area contributed by atoms with Gasteiger partial charge in [0, 0.05) is 11.9 Å². The van der Waals surface area contributed by atoms with E-state index in [2.05, 4.69) is 20.8 Å². The quantitative estimate of drug-likeness (QED) is 0.697. The van der Waals surface area contributed by atoms with E-state index in [1.165, 1.54) is 12.8 Å². The summed E-state index contributed by atoms with van der Waals surface area (Å²) in [5.74, 6) is 0.947. The van der Waals surface area contributed by atoms with Crippen LogP contribution in [0, 0.1) is 12.8 Å². The molecule has 4 heteroatoms. The first-order valence-electron chi connectivity index (χ1n) is 8.01. The van der Waals surface area contributed by atoms with Gasteiger partial charge in [-0.25, -0.2) is 0 Å². The zero-order valence-electron chi connectivity index (χ0n) is 14.1. The lowest BCUT2D eigenvalue weighted by Gasteiger charge is -2.28. The van der Waals surface area contributed by atoms with Crippen molar-refractivity contribution in [3.63, 3.8) is 0 Å². The Labute approximate surface area is 138 Å². The Morgan fingerprint density at radius 3 is 2.50 bits per heavy atom. The molecule has 1 aromatic rings. The summed E-state index contributed by atoms with van der Waals surface area (Å²) in [4.78, 5) is 13.9.